The molecular formula is C16H15ClFNO2. The van der Waals surface area contributed by atoms with Crippen LogP contribution in [0.4, 0.5) is 10.1 Å². The van der Waals surface area contributed by atoms with Gasteiger partial charge in [-0.05, 0) is 30.7 Å². The molecule has 0 fully saturated rings. The summed E-state index contributed by atoms with van der Waals surface area (Å²) in [5, 5.41) is 2.41. The third-order valence-corrected chi connectivity index (χ3v) is 3.29. The van der Waals surface area contributed by atoms with Crippen molar-refractivity contribution in [3.63, 3.8) is 0 Å². The number of halogens is 2. The van der Waals surface area contributed by atoms with Gasteiger partial charge in [0.15, 0.2) is 0 Å². The Bertz CT molecular complexity index is 658. The number of ether oxygens (including phenoxy) is 1. The average molecular weight is 308 g/mol. The van der Waals surface area contributed by atoms with E-state index in [2.05, 4.69) is 5.32 Å². The third kappa shape index (κ3) is 3.34. The second-order valence-corrected chi connectivity index (χ2v) is 5.13. The minimum Gasteiger partial charge on any atom is -0.496 e. The number of hydrogen-bond acceptors (Lipinski definition) is 2. The highest BCUT2D eigenvalue weighted by Gasteiger charge is 2.19. The van der Waals surface area contributed by atoms with Crippen molar-refractivity contribution in [2.75, 3.05) is 12.4 Å². The molecule has 0 aliphatic heterocycles. The highest BCUT2D eigenvalue weighted by atomic mass is 35.5. The molecule has 1 unspecified atom stereocenters. The van der Waals surface area contributed by atoms with Crippen molar-refractivity contribution in [3.05, 3.63) is 59.4 Å². The molecule has 0 aliphatic carbocycles. The molecule has 0 heterocycles. The molecule has 0 saturated carbocycles. The molecule has 0 spiro atoms. The number of rotatable bonds is 4. The van der Waals surface area contributed by atoms with Gasteiger partial charge in [0.2, 0.25) is 0 Å². The Morgan fingerprint density at radius 2 is 1.95 bits per heavy atom. The zero-order chi connectivity index (χ0) is 15.4. The summed E-state index contributed by atoms with van der Waals surface area (Å²) in [6.45, 7) is 1.80. The molecular weight excluding hydrogens is 293 g/mol. The van der Waals surface area contributed by atoms with E-state index in [-0.39, 0.29) is 16.7 Å². The standard InChI is InChI=1S/C16H15ClFNO2/c1-10(17)11-6-3-4-8-13(11)19-16(20)15-12(18)7-5-9-14(15)21-2/h3-10H,1-2H3,(H,19,20). The molecule has 0 aliphatic rings. The monoisotopic (exact) mass is 307 g/mol. The van der Waals surface area contributed by atoms with Gasteiger partial charge in [0.1, 0.15) is 17.1 Å². The fourth-order valence-corrected chi connectivity index (χ4v) is 2.23. The van der Waals surface area contributed by atoms with Crippen LogP contribution in [0.5, 0.6) is 5.75 Å². The lowest BCUT2D eigenvalue weighted by Crippen LogP contribution is -2.16. The quantitative estimate of drug-likeness (QED) is 0.851. The maximum absolute atomic E-state index is 13.9. The van der Waals surface area contributed by atoms with Crippen LogP contribution in [-0.4, -0.2) is 13.0 Å². The molecule has 0 radical (unpaired) electrons. The number of amides is 1. The summed E-state index contributed by atoms with van der Waals surface area (Å²) in [4.78, 5) is 12.3. The van der Waals surface area contributed by atoms with Crippen LogP contribution in [0.25, 0.3) is 0 Å². The Hall–Kier alpha value is -2.07. The van der Waals surface area contributed by atoms with Crippen molar-refractivity contribution in [3.8, 4) is 5.75 Å². The molecule has 5 heteroatoms. The van der Waals surface area contributed by atoms with E-state index in [9.17, 15) is 9.18 Å². The van der Waals surface area contributed by atoms with Crippen LogP contribution in [-0.2, 0) is 0 Å². The van der Waals surface area contributed by atoms with E-state index in [1.807, 2.05) is 12.1 Å². The maximum Gasteiger partial charge on any atom is 0.262 e. The molecule has 110 valence electrons. The van der Waals surface area contributed by atoms with Crippen LogP contribution in [0.3, 0.4) is 0 Å². The number of hydrogen-bond donors (Lipinski definition) is 1. The van der Waals surface area contributed by atoms with Gasteiger partial charge in [-0.25, -0.2) is 4.39 Å². The van der Waals surface area contributed by atoms with Crippen LogP contribution >= 0.6 is 11.6 Å². The van der Waals surface area contributed by atoms with Crippen molar-refractivity contribution in [2.45, 2.75) is 12.3 Å². The summed E-state index contributed by atoms with van der Waals surface area (Å²) in [7, 11) is 1.39. The first-order chi connectivity index (χ1) is 10.0. The van der Waals surface area contributed by atoms with E-state index in [0.717, 1.165) is 5.56 Å². The van der Waals surface area contributed by atoms with Crippen LogP contribution in [0.15, 0.2) is 42.5 Å². The summed E-state index contributed by atoms with van der Waals surface area (Å²) in [5.41, 5.74) is 1.19. The molecule has 2 aromatic carbocycles. The van der Waals surface area contributed by atoms with Gasteiger partial charge in [-0.2, -0.15) is 0 Å². The van der Waals surface area contributed by atoms with E-state index < -0.39 is 11.7 Å². The van der Waals surface area contributed by atoms with Gasteiger partial charge in [0, 0.05) is 5.69 Å². The molecule has 2 aromatic rings. The van der Waals surface area contributed by atoms with E-state index in [4.69, 9.17) is 16.3 Å². The van der Waals surface area contributed by atoms with Crippen molar-refractivity contribution in [1.82, 2.24) is 0 Å². The number of alkyl halides is 1. The van der Waals surface area contributed by atoms with Gasteiger partial charge in [-0.3, -0.25) is 4.79 Å². The minimum absolute atomic E-state index is 0.128. The van der Waals surface area contributed by atoms with E-state index >= 15 is 0 Å². The summed E-state index contributed by atoms with van der Waals surface area (Å²) in [5.74, 6) is -1.03. The van der Waals surface area contributed by atoms with Crippen LogP contribution in [0.1, 0.15) is 28.2 Å². The first-order valence-electron chi connectivity index (χ1n) is 6.41. The molecule has 3 nitrogen and oxygen atoms in total. The first kappa shape index (κ1) is 15.3. The normalized spacial score (nSPS) is 11.8. The lowest BCUT2D eigenvalue weighted by molar-refractivity contribution is 0.102. The molecule has 1 N–H and O–H groups in total. The largest absolute Gasteiger partial charge is 0.496 e. The van der Waals surface area contributed by atoms with E-state index in [1.54, 1.807) is 19.1 Å². The summed E-state index contributed by atoms with van der Waals surface area (Å²) < 4.78 is 18.9. The molecule has 1 atom stereocenters. The van der Waals surface area contributed by atoms with Gasteiger partial charge in [-0.1, -0.05) is 24.3 Å². The predicted octanol–water partition coefficient (Wildman–Crippen LogP) is 4.39. The number of anilines is 1. The number of nitrogens with one attached hydrogen (secondary N) is 1. The van der Waals surface area contributed by atoms with Gasteiger partial charge in [0.05, 0.1) is 12.5 Å². The van der Waals surface area contributed by atoms with Crippen molar-refractivity contribution < 1.29 is 13.9 Å². The lowest BCUT2D eigenvalue weighted by Gasteiger charge is -2.14. The molecule has 21 heavy (non-hydrogen) atoms. The van der Waals surface area contributed by atoms with Crippen LogP contribution in [0.2, 0.25) is 0 Å². The molecule has 2 rings (SSSR count). The number of carbonyl (C=O) groups excluding carboxylic acids is 1. The van der Waals surface area contributed by atoms with Gasteiger partial charge < -0.3 is 10.1 Å². The molecule has 0 bridgehead atoms. The number of benzene rings is 2. The fourth-order valence-electron chi connectivity index (χ4n) is 2.04. The number of carbonyl (C=O) groups is 1. The topological polar surface area (TPSA) is 38.3 Å². The van der Waals surface area contributed by atoms with Gasteiger partial charge in [-0.15, -0.1) is 11.6 Å². The fraction of sp³-hybridized carbons (Fsp3) is 0.188. The Morgan fingerprint density at radius 1 is 1.24 bits per heavy atom. The highest BCUT2D eigenvalue weighted by molar-refractivity contribution is 6.21. The number of methoxy groups -OCH3 is 1. The summed E-state index contributed by atoms with van der Waals surface area (Å²) in [6.07, 6.45) is 0. The second-order valence-electron chi connectivity index (χ2n) is 4.47. The van der Waals surface area contributed by atoms with E-state index in [1.165, 1.54) is 25.3 Å². The first-order valence-corrected chi connectivity index (χ1v) is 6.85. The second kappa shape index (κ2) is 6.59. The minimum atomic E-state index is -0.636. The Morgan fingerprint density at radius 3 is 2.62 bits per heavy atom. The van der Waals surface area contributed by atoms with Crippen molar-refractivity contribution in [1.29, 1.82) is 0 Å². The van der Waals surface area contributed by atoms with Gasteiger partial charge in [0.25, 0.3) is 5.91 Å². The average Bonchev–Trinajstić information content (AvgIpc) is 2.47. The number of para-hydroxylation sites is 1. The Balaban J connectivity index is 2.35. The molecule has 1 amide bonds. The molecule has 0 saturated heterocycles. The van der Waals surface area contributed by atoms with Crippen molar-refractivity contribution in [2.24, 2.45) is 0 Å². The predicted molar refractivity (Wildman–Crippen MR) is 81.6 cm³/mol. The SMILES string of the molecule is COc1cccc(F)c1C(=O)Nc1ccccc1C(C)Cl. The summed E-state index contributed by atoms with van der Waals surface area (Å²) in [6, 6.07) is 11.4. The van der Waals surface area contributed by atoms with Crippen LogP contribution < -0.4 is 10.1 Å². The van der Waals surface area contributed by atoms with Gasteiger partial charge >= 0.3 is 0 Å². The third-order valence-electron chi connectivity index (χ3n) is 3.06. The Labute approximate surface area is 127 Å². The Kier molecular flexibility index (Phi) is 4.81. The van der Waals surface area contributed by atoms with Crippen LogP contribution in [0, 0.1) is 5.82 Å². The lowest BCUT2D eigenvalue weighted by atomic mass is 10.1. The zero-order valence-corrected chi connectivity index (χ0v) is 12.4. The highest BCUT2D eigenvalue weighted by Crippen LogP contribution is 2.29. The van der Waals surface area contributed by atoms with E-state index in [0.29, 0.717) is 5.69 Å². The summed E-state index contributed by atoms with van der Waals surface area (Å²) >= 11 is 6.08. The maximum atomic E-state index is 13.9. The molecule has 0 aromatic heterocycles. The van der Waals surface area contributed by atoms with Crippen molar-refractivity contribution >= 4 is 23.2 Å². The smallest absolute Gasteiger partial charge is 0.262 e. The zero-order valence-electron chi connectivity index (χ0n) is 11.7.